The molecule has 0 aromatic heterocycles. The van der Waals surface area contributed by atoms with E-state index in [1.807, 2.05) is 0 Å². The summed E-state index contributed by atoms with van der Waals surface area (Å²) in [6.45, 7) is 4.60. The molecule has 0 aliphatic rings. The Morgan fingerprint density at radius 1 is 0.769 bits per heavy atom. The molecule has 0 N–H and O–H groups in total. The summed E-state index contributed by atoms with van der Waals surface area (Å²) in [6, 6.07) is 0. The zero-order chi connectivity index (χ0) is 10.2. The van der Waals surface area contributed by atoms with Gasteiger partial charge in [-0.1, -0.05) is 0 Å². The minimum absolute atomic E-state index is 1.38. The van der Waals surface area contributed by atoms with Crippen LogP contribution < -0.4 is 0 Å². The van der Waals surface area contributed by atoms with Crippen molar-refractivity contribution < 1.29 is 11.7 Å². The molecule has 0 fully saturated rings. The van der Waals surface area contributed by atoms with E-state index < -0.39 is 11.7 Å². The van der Waals surface area contributed by atoms with E-state index in [9.17, 15) is 0 Å². The molecule has 0 atom stereocenters. The van der Waals surface area contributed by atoms with E-state index in [-0.39, 0.29) is 0 Å². The molecular formula is C10H22HfI2. The average Bonchev–Trinajstić information content (AvgIpc) is 2.05. The standard InChI is InChI=1S/2C5H11.Hf.2HI/c2*1-3-5-4-2;;;/h2*1,3-5H2,2H3;;2*1H/q;;+2;;/p-2. The van der Waals surface area contributed by atoms with Gasteiger partial charge in [0, 0.05) is 0 Å². The average molecular weight is 575 g/mol. The van der Waals surface area contributed by atoms with Crippen LogP contribution in [-0.4, -0.2) is 0 Å². The first-order chi connectivity index (χ1) is 6.12. The van der Waals surface area contributed by atoms with Crippen molar-refractivity contribution in [2.75, 3.05) is 0 Å². The molecule has 0 unspecified atom stereocenters. The topological polar surface area (TPSA) is 0 Å². The van der Waals surface area contributed by atoms with Gasteiger partial charge in [-0.05, 0) is 0 Å². The van der Waals surface area contributed by atoms with E-state index in [4.69, 9.17) is 0 Å². The molecule has 0 bridgehead atoms. The van der Waals surface area contributed by atoms with Gasteiger partial charge >= 0.3 is 109 Å². The van der Waals surface area contributed by atoms with Crippen molar-refractivity contribution >= 4 is 36.3 Å². The van der Waals surface area contributed by atoms with Gasteiger partial charge < -0.3 is 0 Å². The molecule has 0 rings (SSSR count). The van der Waals surface area contributed by atoms with Gasteiger partial charge in [0.25, 0.3) is 0 Å². The fraction of sp³-hybridized carbons (Fsp3) is 1.00. The van der Waals surface area contributed by atoms with Gasteiger partial charge in [0.1, 0.15) is 0 Å². The monoisotopic (exact) mass is 576 g/mol. The zero-order valence-electron chi connectivity index (χ0n) is 8.91. The minimum atomic E-state index is -1.67. The van der Waals surface area contributed by atoms with Crippen molar-refractivity contribution in [1.29, 1.82) is 0 Å². The molecule has 0 aromatic carbocycles. The Kier molecular flexibility index (Phi) is 11.3. The summed E-state index contributed by atoms with van der Waals surface area (Å²) in [5.74, 6) is 0. The molecular weight excluding hydrogens is 552 g/mol. The Labute approximate surface area is 107 Å². The van der Waals surface area contributed by atoms with Crippen molar-refractivity contribution in [3.05, 3.63) is 0 Å². The molecule has 13 heavy (non-hydrogen) atoms. The van der Waals surface area contributed by atoms with Crippen molar-refractivity contribution in [3.63, 3.8) is 0 Å². The zero-order valence-corrected chi connectivity index (χ0v) is 16.8. The molecule has 3 heteroatoms. The third-order valence-corrected chi connectivity index (χ3v) is 27.7. The molecule has 0 spiro atoms. The Bertz CT molecular complexity index is 103. The second kappa shape index (κ2) is 9.55. The number of hydrogen-bond acceptors (Lipinski definition) is 0. The van der Waals surface area contributed by atoms with Crippen LogP contribution in [0.15, 0.2) is 0 Å². The van der Waals surface area contributed by atoms with Crippen molar-refractivity contribution in [2.45, 2.75) is 60.7 Å². The number of hydrogen-bond donors (Lipinski definition) is 0. The first-order valence-electron chi connectivity index (χ1n) is 5.50. The van der Waals surface area contributed by atoms with Gasteiger partial charge in [-0.25, -0.2) is 0 Å². The van der Waals surface area contributed by atoms with Crippen LogP contribution >= 0.6 is 36.3 Å². The molecule has 0 aromatic rings. The molecule has 0 heterocycles. The van der Waals surface area contributed by atoms with Gasteiger partial charge in [-0.3, -0.25) is 0 Å². The van der Waals surface area contributed by atoms with Gasteiger partial charge in [0.05, 0.1) is 0 Å². The van der Waals surface area contributed by atoms with Crippen LogP contribution in [0, 0.1) is 0 Å². The van der Waals surface area contributed by atoms with E-state index in [1.165, 1.54) is 38.5 Å². The second-order valence-corrected chi connectivity index (χ2v) is 64.2. The third-order valence-electron chi connectivity index (χ3n) is 2.29. The number of rotatable bonds is 8. The van der Waals surface area contributed by atoms with E-state index in [0.29, 0.717) is 0 Å². The molecule has 0 aliphatic heterocycles. The third kappa shape index (κ3) is 10.6. The van der Waals surface area contributed by atoms with E-state index in [0.717, 1.165) is 0 Å². The molecule has 0 saturated carbocycles. The SMILES string of the molecule is CCCC[CH2][Hf]([I])([I])[CH2]CCCC. The van der Waals surface area contributed by atoms with Crippen LogP contribution in [0.3, 0.4) is 0 Å². The fourth-order valence-corrected chi connectivity index (χ4v) is 20.3. The first kappa shape index (κ1) is 15.3. The Morgan fingerprint density at radius 3 is 1.46 bits per heavy atom. The molecule has 0 amide bonds. The van der Waals surface area contributed by atoms with Crippen LogP contribution in [0.25, 0.3) is 0 Å². The van der Waals surface area contributed by atoms with E-state index >= 15 is 0 Å². The molecule has 0 radical (unpaired) electrons. The maximum absolute atomic E-state index is 2.86. The quantitative estimate of drug-likeness (QED) is 0.188. The van der Waals surface area contributed by atoms with Gasteiger partial charge in [0.2, 0.25) is 0 Å². The van der Waals surface area contributed by atoms with Crippen LogP contribution in [0.4, 0.5) is 0 Å². The van der Waals surface area contributed by atoms with Gasteiger partial charge in [-0.15, -0.1) is 0 Å². The summed E-state index contributed by atoms with van der Waals surface area (Å²) in [5, 5.41) is 0. The molecule has 80 valence electrons. The number of unbranched alkanes of at least 4 members (excludes halogenated alkanes) is 4. The van der Waals surface area contributed by atoms with Gasteiger partial charge in [-0.2, -0.15) is 0 Å². The van der Waals surface area contributed by atoms with Crippen LogP contribution in [0.2, 0.25) is 8.35 Å². The summed E-state index contributed by atoms with van der Waals surface area (Å²) in [6.07, 6.45) is 8.70. The fourth-order valence-electron chi connectivity index (χ4n) is 1.39. The molecule has 0 aliphatic carbocycles. The van der Waals surface area contributed by atoms with Crippen molar-refractivity contribution in [3.8, 4) is 0 Å². The van der Waals surface area contributed by atoms with Gasteiger partial charge in [0.15, 0.2) is 0 Å². The van der Waals surface area contributed by atoms with Crippen LogP contribution in [0.5, 0.6) is 0 Å². The summed E-state index contributed by atoms with van der Waals surface area (Å²) < 4.78 is 3.23. The summed E-state index contributed by atoms with van der Waals surface area (Å²) in [7, 11) is 0. The van der Waals surface area contributed by atoms with E-state index in [1.54, 1.807) is 8.35 Å². The molecule has 0 saturated heterocycles. The predicted octanol–water partition coefficient (Wildman–Crippen LogP) is 6.06. The Balaban J connectivity index is 3.42. The van der Waals surface area contributed by atoms with Crippen molar-refractivity contribution in [1.82, 2.24) is 0 Å². The molecule has 0 nitrogen and oxygen atoms in total. The Hall–Kier alpha value is 2.33. The van der Waals surface area contributed by atoms with E-state index in [2.05, 4.69) is 50.1 Å². The number of halogens is 2. The Morgan fingerprint density at radius 2 is 1.15 bits per heavy atom. The summed E-state index contributed by atoms with van der Waals surface area (Å²) in [4.78, 5) is 0. The second-order valence-electron chi connectivity index (χ2n) is 3.77. The predicted molar refractivity (Wildman–Crippen MR) is 76.7 cm³/mol. The van der Waals surface area contributed by atoms with Crippen LogP contribution in [-0.2, 0) is 11.7 Å². The first-order valence-corrected chi connectivity index (χ1v) is 31.0. The maximum atomic E-state index is 2.86. The summed E-state index contributed by atoms with van der Waals surface area (Å²) >= 11 is 4.06. The van der Waals surface area contributed by atoms with Crippen molar-refractivity contribution in [2.24, 2.45) is 0 Å². The normalized spacial score (nSPS) is 12.0. The summed E-state index contributed by atoms with van der Waals surface area (Å²) in [5.41, 5.74) is 0. The van der Waals surface area contributed by atoms with Crippen LogP contribution in [0.1, 0.15) is 52.4 Å².